The molecule has 2 aromatic carbocycles. The van der Waals surface area contributed by atoms with Gasteiger partial charge < -0.3 is 5.32 Å². The maximum Gasteiger partial charge on any atom is 0.0992 e. The van der Waals surface area contributed by atoms with Gasteiger partial charge >= 0.3 is 0 Å². The molecule has 0 aliphatic rings. The number of rotatable bonds is 2. The maximum absolute atomic E-state index is 8.95. The molecule has 0 atom stereocenters. The van der Waals surface area contributed by atoms with Gasteiger partial charge in [0.2, 0.25) is 0 Å². The fraction of sp³-hybridized carbons (Fsp3) is 0.0588. The van der Waals surface area contributed by atoms with Crippen LogP contribution in [0.2, 0.25) is 0 Å². The lowest BCUT2D eigenvalue weighted by Crippen LogP contribution is -1.94. The third-order valence-corrected chi connectivity index (χ3v) is 3.13. The van der Waals surface area contributed by atoms with Crippen LogP contribution in [0.3, 0.4) is 0 Å². The third-order valence-electron chi connectivity index (χ3n) is 3.13. The van der Waals surface area contributed by atoms with Crippen molar-refractivity contribution < 1.29 is 0 Å². The number of hydrogen-bond donors (Lipinski definition) is 1. The molecule has 0 unspecified atom stereocenters. The van der Waals surface area contributed by atoms with E-state index in [0.29, 0.717) is 5.56 Å². The highest BCUT2D eigenvalue weighted by atomic mass is 14.9. The van der Waals surface area contributed by atoms with Crippen LogP contribution in [0.1, 0.15) is 11.3 Å². The summed E-state index contributed by atoms with van der Waals surface area (Å²) >= 11 is 0. The van der Waals surface area contributed by atoms with Gasteiger partial charge in [-0.25, -0.2) is 0 Å². The van der Waals surface area contributed by atoms with Crippen molar-refractivity contribution in [1.29, 1.82) is 5.26 Å². The normalized spacial score (nSPS) is 10.2. The van der Waals surface area contributed by atoms with Crippen molar-refractivity contribution in [2.75, 3.05) is 5.32 Å². The Morgan fingerprint density at radius 3 is 2.75 bits per heavy atom. The Labute approximate surface area is 117 Å². The van der Waals surface area contributed by atoms with E-state index in [2.05, 4.69) is 22.4 Å². The number of nitrogens with one attached hydrogen (secondary N) is 1. The SMILES string of the molecule is Cc1ccc2cccc(Nc3cccc(C#N)c3)c2n1. The quantitative estimate of drug-likeness (QED) is 0.751. The van der Waals surface area contributed by atoms with E-state index < -0.39 is 0 Å². The first-order valence-corrected chi connectivity index (χ1v) is 6.40. The van der Waals surface area contributed by atoms with Crippen LogP contribution in [-0.2, 0) is 0 Å². The number of nitrogens with zero attached hydrogens (tertiary/aromatic N) is 2. The number of para-hydroxylation sites is 1. The van der Waals surface area contributed by atoms with Gasteiger partial charge in [0.15, 0.2) is 0 Å². The van der Waals surface area contributed by atoms with Crippen LogP contribution >= 0.6 is 0 Å². The molecule has 0 saturated heterocycles. The topological polar surface area (TPSA) is 48.7 Å². The minimum Gasteiger partial charge on any atom is -0.354 e. The summed E-state index contributed by atoms with van der Waals surface area (Å²) in [4.78, 5) is 4.59. The van der Waals surface area contributed by atoms with Crippen molar-refractivity contribution in [2.24, 2.45) is 0 Å². The first kappa shape index (κ1) is 12.2. The molecular formula is C17H13N3. The highest BCUT2D eigenvalue weighted by Gasteiger charge is 2.03. The van der Waals surface area contributed by atoms with Crippen molar-refractivity contribution in [3.8, 4) is 6.07 Å². The van der Waals surface area contributed by atoms with Crippen molar-refractivity contribution in [2.45, 2.75) is 6.92 Å². The highest BCUT2D eigenvalue weighted by Crippen LogP contribution is 2.25. The lowest BCUT2D eigenvalue weighted by molar-refractivity contribution is 1.25. The molecule has 3 nitrogen and oxygen atoms in total. The van der Waals surface area contributed by atoms with Crippen molar-refractivity contribution in [3.63, 3.8) is 0 Å². The number of aromatic nitrogens is 1. The van der Waals surface area contributed by atoms with Gasteiger partial charge in [0.1, 0.15) is 0 Å². The number of benzene rings is 2. The van der Waals surface area contributed by atoms with Gasteiger partial charge in [-0.05, 0) is 37.3 Å². The van der Waals surface area contributed by atoms with Crippen LogP contribution in [0, 0.1) is 18.3 Å². The number of aryl methyl sites for hydroxylation is 1. The van der Waals surface area contributed by atoms with Gasteiger partial charge in [0, 0.05) is 16.8 Å². The van der Waals surface area contributed by atoms with Crippen LogP contribution in [0.5, 0.6) is 0 Å². The third kappa shape index (κ3) is 2.32. The fourth-order valence-corrected chi connectivity index (χ4v) is 2.17. The van der Waals surface area contributed by atoms with Gasteiger partial charge in [0.25, 0.3) is 0 Å². The predicted octanol–water partition coefficient (Wildman–Crippen LogP) is 4.16. The second-order valence-electron chi connectivity index (χ2n) is 4.65. The molecule has 0 spiro atoms. The number of nitriles is 1. The summed E-state index contributed by atoms with van der Waals surface area (Å²) in [5, 5.41) is 13.4. The summed E-state index contributed by atoms with van der Waals surface area (Å²) in [5.41, 5.74) is 4.40. The van der Waals surface area contributed by atoms with E-state index in [0.717, 1.165) is 28.0 Å². The average molecular weight is 259 g/mol. The highest BCUT2D eigenvalue weighted by molar-refractivity contribution is 5.92. The van der Waals surface area contributed by atoms with E-state index >= 15 is 0 Å². The molecule has 1 aromatic heterocycles. The zero-order chi connectivity index (χ0) is 13.9. The van der Waals surface area contributed by atoms with E-state index in [-0.39, 0.29) is 0 Å². The molecule has 1 N–H and O–H groups in total. The van der Waals surface area contributed by atoms with Crippen molar-refractivity contribution >= 4 is 22.3 Å². The molecule has 0 aliphatic heterocycles. The minimum atomic E-state index is 0.638. The van der Waals surface area contributed by atoms with Gasteiger partial charge in [-0.1, -0.05) is 24.3 Å². The van der Waals surface area contributed by atoms with Gasteiger partial charge in [-0.15, -0.1) is 0 Å². The second-order valence-corrected chi connectivity index (χ2v) is 4.65. The molecule has 0 amide bonds. The lowest BCUT2D eigenvalue weighted by atomic mass is 10.1. The molecule has 3 heteroatoms. The fourth-order valence-electron chi connectivity index (χ4n) is 2.17. The van der Waals surface area contributed by atoms with E-state index in [1.54, 1.807) is 6.07 Å². The summed E-state index contributed by atoms with van der Waals surface area (Å²) in [6.07, 6.45) is 0. The summed E-state index contributed by atoms with van der Waals surface area (Å²) in [6, 6.07) is 19.7. The van der Waals surface area contributed by atoms with Crippen LogP contribution in [0.15, 0.2) is 54.6 Å². The smallest absolute Gasteiger partial charge is 0.0992 e. The molecule has 0 bridgehead atoms. The first-order valence-electron chi connectivity index (χ1n) is 6.40. The lowest BCUT2D eigenvalue weighted by Gasteiger charge is -2.10. The van der Waals surface area contributed by atoms with Gasteiger partial charge in [-0.2, -0.15) is 5.26 Å². The molecular weight excluding hydrogens is 246 g/mol. The van der Waals surface area contributed by atoms with Crippen molar-refractivity contribution in [3.05, 3.63) is 65.9 Å². The molecule has 1 heterocycles. The molecule has 0 radical (unpaired) electrons. The van der Waals surface area contributed by atoms with Gasteiger partial charge in [0.05, 0.1) is 22.8 Å². The average Bonchev–Trinajstić information content (AvgIpc) is 2.48. The van der Waals surface area contributed by atoms with E-state index in [9.17, 15) is 0 Å². The van der Waals surface area contributed by atoms with Gasteiger partial charge in [-0.3, -0.25) is 4.98 Å². The summed E-state index contributed by atoms with van der Waals surface area (Å²) in [7, 11) is 0. The molecule has 96 valence electrons. The van der Waals surface area contributed by atoms with Crippen molar-refractivity contribution in [1.82, 2.24) is 4.98 Å². The second kappa shape index (κ2) is 5.02. The molecule has 0 saturated carbocycles. The molecule has 3 rings (SSSR count). The van der Waals surface area contributed by atoms with E-state index in [1.807, 2.05) is 49.4 Å². The summed E-state index contributed by atoms with van der Waals surface area (Å²) in [5.74, 6) is 0. The zero-order valence-electron chi connectivity index (χ0n) is 11.1. The van der Waals surface area contributed by atoms with Crippen LogP contribution in [-0.4, -0.2) is 4.98 Å². The Kier molecular flexibility index (Phi) is 3.06. The minimum absolute atomic E-state index is 0.638. The van der Waals surface area contributed by atoms with E-state index in [1.165, 1.54) is 0 Å². The standard InChI is InChI=1S/C17H13N3/c1-12-8-9-14-5-3-7-16(17(14)19-12)20-15-6-2-4-13(10-15)11-18/h2-10,20H,1H3. The summed E-state index contributed by atoms with van der Waals surface area (Å²) < 4.78 is 0. The molecule has 20 heavy (non-hydrogen) atoms. The number of pyridine rings is 1. The monoisotopic (exact) mass is 259 g/mol. The maximum atomic E-state index is 8.95. The van der Waals surface area contributed by atoms with Crippen LogP contribution < -0.4 is 5.32 Å². The Bertz CT molecular complexity index is 816. The predicted molar refractivity (Wildman–Crippen MR) is 80.9 cm³/mol. The van der Waals surface area contributed by atoms with E-state index in [4.69, 9.17) is 5.26 Å². The first-order chi connectivity index (χ1) is 9.76. The Balaban J connectivity index is 2.06. The number of anilines is 2. The number of fused-ring (bicyclic) bond motifs is 1. The largest absolute Gasteiger partial charge is 0.354 e. The Morgan fingerprint density at radius 2 is 1.90 bits per heavy atom. The van der Waals surface area contributed by atoms with Crippen LogP contribution in [0.4, 0.5) is 11.4 Å². The number of hydrogen-bond acceptors (Lipinski definition) is 3. The summed E-state index contributed by atoms with van der Waals surface area (Å²) in [6.45, 7) is 1.98. The Hall–Kier alpha value is -2.86. The van der Waals surface area contributed by atoms with Crippen LogP contribution in [0.25, 0.3) is 10.9 Å². The molecule has 3 aromatic rings. The molecule has 0 fully saturated rings. The zero-order valence-corrected chi connectivity index (χ0v) is 11.1. The Morgan fingerprint density at radius 1 is 1.05 bits per heavy atom. The molecule has 0 aliphatic carbocycles.